The van der Waals surface area contributed by atoms with E-state index in [0.717, 1.165) is 48.0 Å². The summed E-state index contributed by atoms with van der Waals surface area (Å²) >= 11 is 1.41. The first-order valence-electron chi connectivity index (χ1n) is 12.8. The highest BCUT2D eigenvalue weighted by Gasteiger charge is 2.28. The van der Waals surface area contributed by atoms with Gasteiger partial charge in [0.1, 0.15) is 13.2 Å². The number of hydrogen-bond donors (Lipinski definition) is 1. The van der Waals surface area contributed by atoms with E-state index in [0.29, 0.717) is 36.2 Å². The largest absolute Gasteiger partial charge is 0.485 e. The molecule has 3 aromatic carbocycles. The molecular weight excluding hydrogens is 498 g/mol. The van der Waals surface area contributed by atoms with E-state index in [1.54, 1.807) is 0 Å². The van der Waals surface area contributed by atoms with Crippen molar-refractivity contribution in [1.29, 1.82) is 0 Å². The number of piperazine rings is 1. The van der Waals surface area contributed by atoms with Gasteiger partial charge < -0.3 is 19.5 Å². The summed E-state index contributed by atoms with van der Waals surface area (Å²) in [6.45, 7) is 4.95. The Bertz CT molecular complexity index is 1290. The zero-order chi connectivity index (χ0) is 26.2. The van der Waals surface area contributed by atoms with Gasteiger partial charge in [-0.1, -0.05) is 66.7 Å². The second-order valence-electron chi connectivity index (χ2n) is 9.12. The molecule has 2 aliphatic heterocycles. The van der Waals surface area contributed by atoms with Crippen molar-refractivity contribution in [2.24, 2.45) is 4.99 Å². The van der Waals surface area contributed by atoms with Crippen molar-refractivity contribution in [3.8, 4) is 11.5 Å². The minimum Gasteiger partial charge on any atom is -0.485 e. The van der Waals surface area contributed by atoms with E-state index in [1.165, 1.54) is 11.8 Å². The van der Waals surface area contributed by atoms with Crippen molar-refractivity contribution in [3.05, 3.63) is 100 Å². The topological polar surface area (TPSA) is 74.6 Å². The van der Waals surface area contributed by atoms with E-state index >= 15 is 0 Å². The first-order valence-corrected chi connectivity index (χ1v) is 13.6. The van der Waals surface area contributed by atoms with E-state index in [-0.39, 0.29) is 12.5 Å². The average Bonchev–Trinajstić information content (AvgIpc) is 3.32. The molecule has 5 rings (SSSR count). The fourth-order valence-corrected chi connectivity index (χ4v) is 5.27. The number of amidine groups is 1. The standard InChI is InChI=1S/C30H31N3O4S/c34-18-17-32-13-15-33(16-14-32)30-31-29(35)28(38-30)20-25-11-12-26(36-21-23-7-3-1-4-8-23)27(19-25)37-22-24-9-5-2-6-10-24/h1-12,19-20,34H,13-18,21-22H2/b28-20+. The summed E-state index contributed by atoms with van der Waals surface area (Å²) in [5.74, 6) is 1.05. The molecule has 0 aliphatic carbocycles. The van der Waals surface area contributed by atoms with Crippen LogP contribution < -0.4 is 9.47 Å². The van der Waals surface area contributed by atoms with Crippen molar-refractivity contribution in [1.82, 2.24) is 9.80 Å². The number of aliphatic hydroxyl groups excluding tert-OH is 1. The lowest BCUT2D eigenvalue weighted by Gasteiger charge is -2.34. The van der Waals surface area contributed by atoms with Gasteiger partial charge in [0.15, 0.2) is 16.7 Å². The summed E-state index contributed by atoms with van der Waals surface area (Å²) in [7, 11) is 0. The minimum absolute atomic E-state index is 0.161. The third-order valence-corrected chi connectivity index (χ3v) is 7.45. The zero-order valence-electron chi connectivity index (χ0n) is 21.2. The van der Waals surface area contributed by atoms with E-state index in [2.05, 4.69) is 14.8 Å². The van der Waals surface area contributed by atoms with Crippen molar-refractivity contribution in [2.75, 3.05) is 39.3 Å². The molecule has 1 amide bonds. The number of carbonyl (C=O) groups excluding carboxylic acids is 1. The molecule has 0 atom stereocenters. The van der Waals surface area contributed by atoms with Crippen molar-refractivity contribution >= 4 is 28.9 Å². The van der Waals surface area contributed by atoms with Gasteiger partial charge in [-0.25, -0.2) is 0 Å². The maximum absolute atomic E-state index is 12.7. The molecule has 196 valence electrons. The maximum Gasteiger partial charge on any atom is 0.286 e. The highest BCUT2D eigenvalue weighted by molar-refractivity contribution is 8.18. The number of rotatable bonds is 9. The normalized spacial score (nSPS) is 17.1. The molecule has 0 aromatic heterocycles. The smallest absolute Gasteiger partial charge is 0.286 e. The predicted molar refractivity (Wildman–Crippen MR) is 151 cm³/mol. The second-order valence-corrected chi connectivity index (χ2v) is 10.1. The third-order valence-electron chi connectivity index (χ3n) is 6.41. The van der Waals surface area contributed by atoms with Gasteiger partial charge in [0.05, 0.1) is 11.5 Å². The summed E-state index contributed by atoms with van der Waals surface area (Å²) < 4.78 is 12.3. The minimum atomic E-state index is -0.223. The molecule has 2 aliphatic rings. The van der Waals surface area contributed by atoms with E-state index in [4.69, 9.17) is 14.6 Å². The fraction of sp³-hybridized carbons (Fsp3) is 0.267. The molecule has 1 saturated heterocycles. The maximum atomic E-state index is 12.7. The molecule has 0 saturated carbocycles. The molecule has 0 radical (unpaired) electrons. The average molecular weight is 530 g/mol. The van der Waals surface area contributed by atoms with Crippen LogP contribution in [0.25, 0.3) is 6.08 Å². The lowest BCUT2D eigenvalue weighted by Crippen LogP contribution is -2.48. The van der Waals surface area contributed by atoms with Crippen LogP contribution >= 0.6 is 11.8 Å². The van der Waals surface area contributed by atoms with E-state index in [9.17, 15) is 4.79 Å². The van der Waals surface area contributed by atoms with Crippen LogP contribution in [0.5, 0.6) is 11.5 Å². The van der Waals surface area contributed by atoms with Crippen LogP contribution in [-0.2, 0) is 18.0 Å². The number of benzene rings is 3. The molecule has 0 spiro atoms. The lowest BCUT2D eigenvalue weighted by molar-refractivity contribution is -0.113. The fourth-order valence-electron chi connectivity index (χ4n) is 4.31. The van der Waals surface area contributed by atoms with Crippen LogP contribution in [-0.4, -0.2) is 65.3 Å². The van der Waals surface area contributed by atoms with Gasteiger partial charge in [0.25, 0.3) is 5.91 Å². The van der Waals surface area contributed by atoms with Crippen LogP contribution in [0.15, 0.2) is 88.8 Å². The number of carbonyl (C=O) groups is 1. The second kappa shape index (κ2) is 12.8. The molecule has 7 nitrogen and oxygen atoms in total. The van der Waals surface area contributed by atoms with Crippen molar-refractivity contribution in [2.45, 2.75) is 13.2 Å². The first kappa shape index (κ1) is 26.0. The quantitative estimate of drug-likeness (QED) is 0.411. The molecule has 3 aromatic rings. The van der Waals surface area contributed by atoms with E-state index in [1.807, 2.05) is 84.9 Å². The van der Waals surface area contributed by atoms with E-state index < -0.39 is 0 Å². The van der Waals surface area contributed by atoms with Crippen LogP contribution in [0, 0.1) is 0 Å². The monoisotopic (exact) mass is 529 g/mol. The third kappa shape index (κ3) is 6.83. The number of ether oxygens (including phenoxy) is 2. The summed E-state index contributed by atoms with van der Waals surface area (Å²) in [6, 6.07) is 25.7. The van der Waals surface area contributed by atoms with Gasteiger partial charge in [-0.3, -0.25) is 9.69 Å². The predicted octanol–water partition coefficient (Wildman–Crippen LogP) is 4.42. The highest BCUT2D eigenvalue weighted by Crippen LogP contribution is 2.34. The lowest BCUT2D eigenvalue weighted by atomic mass is 10.1. The van der Waals surface area contributed by atoms with Crippen molar-refractivity contribution < 1.29 is 19.4 Å². The molecule has 8 heteroatoms. The van der Waals surface area contributed by atoms with Crippen LogP contribution in [0.4, 0.5) is 0 Å². The molecule has 1 N–H and O–H groups in total. The molecule has 0 bridgehead atoms. The molecular formula is C30H31N3O4S. The summed E-state index contributed by atoms with van der Waals surface area (Å²) in [4.78, 5) is 22.0. The van der Waals surface area contributed by atoms with Gasteiger partial charge in [0.2, 0.25) is 0 Å². The number of nitrogens with zero attached hydrogens (tertiary/aromatic N) is 3. The number of amides is 1. The van der Waals surface area contributed by atoms with Gasteiger partial charge >= 0.3 is 0 Å². The van der Waals surface area contributed by atoms with Crippen LogP contribution in [0.3, 0.4) is 0 Å². The summed E-state index contributed by atoms with van der Waals surface area (Å²) in [6.07, 6.45) is 1.86. The number of β-amino-alcohol motifs (C(OH)–C–C–N with tert-alkyl or cyclic N) is 1. The first-order chi connectivity index (χ1) is 18.7. The molecule has 0 unspecified atom stereocenters. The van der Waals surface area contributed by atoms with Gasteiger partial charge in [-0.2, -0.15) is 4.99 Å². The van der Waals surface area contributed by atoms with Crippen molar-refractivity contribution in [3.63, 3.8) is 0 Å². The SMILES string of the molecule is O=C1N=C(N2CCN(CCO)CC2)S/C1=C/c1ccc(OCc2ccccc2)c(OCc2ccccc2)c1. The Morgan fingerprint density at radius 2 is 1.47 bits per heavy atom. The number of hydrogen-bond acceptors (Lipinski definition) is 7. The summed E-state index contributed by atoms with van der Waals surface area (Å²) in [5, 5.41) is 9.91. The van der Waals surface area contributed by atoms with Crippen LogP contribution in [0.1, 0.15) is 16.7 Å². The number of aliphatic imine (C=N–C) groups is 1. The number of thioether (sulfide) groups is 1. The molecule has 1 fully saturated rings. The Morgan fingerprint density at radius 3 is 2.11 bits per heavy atom. The van der Waals surface area contributed by atoms with Crippen LogP contribution in [0.2, 0.25) is 0 Å². The van der Waals surface area contributed by atoms with Gasteiger partial charge in [-0.05, 0) is 46.7 Å². The van der Waals surface area contributed by atoms with Gasteiger partial charge in [-0.15, -0.1) is 0 Å². The molecule has 38 heavy (non-hydrogen) atoms. The summed E-state index contributed by atoms with van der Waals surface area (Å²) in [5.41, 5.74) is 2.98. The Kier molecular flexibility index (Phi) is 8.75. The Labute approximate surface area is 227 Å². The Hall–Kier alpha value is -3.59. The zero-order valence-corrected chi connectivity index (χ0v) is 22.0. The van der Waals surface area contributed by atoms with Gasteiger partial charge in [0, 0.05) is 32.7 Å². The Morgan fingerprint density at radius 1 is 0.842 bits per heavy atom. The highest BCUT2D eigenvalue weighted by atomic mass is 32.2. The Balaban J connectivity index is 1.29. The number of aliphatic hydroxyl groups is 1. The molecule has 2 heterocycles.